The highest BCUT2D eigenvalue weighted by Crippen LogP contribution is 2.49. The summed E-state index contributed by atoms with van der Waals surface area (Å²) < 4.78 is 10.2. The first-order chi connectivity index (χ1) is 12.6. The van der Waals surface area contributed by atoms with Gasteiger partial charge in [-0.2, -0.15) is 0 Å². The molecular weight excluding hydrogens is 348 g/mol. The predicted octanol–water partition coefficient (Wildman–Crippen LogP) is 3.26. The Morgan fingerprint density at radius 2 is 1.96 bits per heavy atom. The van der Waals surface area contributed by atoms with Gasteiger partial charge in [0.1, 0.15) is 11.4 Å². The molecule has 27 heavy (non-hydrogen) atoms. The number of esters is 1. The molecule has 0 saturated heterocycles. The zero-order valence-corrected chi connectivity index (χ0v) is 16.5. The number of methoxy groups -OCH3 is 1. The molecule has 0 radical (unpaired) electrons. The van der Waals surface area contributed by atoms with Gasteiger partial charge in [0, 0.05) is 25.7 Å². The van der Waals surface area contributed by atoms with E-state index in [2.05, 4.69) is 5.32 Å². The van der Waals surface area contributed by atoms with Gasteiger partial charge in [0.15, 0.2) is 0 Å². The minimum Gasteiger partial charge on any atom is -0.465 e. The SMILES string of the molecule is COC(=O)c1cc2c(cc1NC(=O)OC(C)(C)C)N(C)CC21CCCC1=O. The van der Waals surface area contributed by atoms with Crippen LogP contribution in [0.15, 0.2) is 12.1 Å². The van der Waals surface area contributed by atoms with Gasteiger partial charge in [0.2, 0.25) is 0 Å². The molecule has 146 valence electrons. The van der Waals surface area contributed by atoms with Gasteiger partial charge in [-0.15, -0.1) is 0 Å². The van der Waals surface area contributed by atoms with Crippen molar-refractivity contribution < 1.29 is 23.9 Å². The molecule has 1 saturated carbocycles. The number of rotatable bonds is 2. The van der Waals surface area contributed by atoms with E-state index >= 15 is 0 Å². The summed E-state index contributed by atoms with van der Waals surface area (Å²) >= 11 is 0. The number of benzene rings is 1. The summed E-state index contributed by atoms with van der Waals surface area (Å²) in [6, 6.07) is 3.42. The number of ketones is 1. The van der Waals surface area contributed by atoms with Crippen molar-refractivity contribution in [3.8, 4) is 0 Å². The van der Waals surface area contributed by atoms with E-state index < -0.39 is 23.1 Å². The summed E-state index contributed by atoms with van der Waals surface area (Å²) in [5.74, 6) is -0.365. The van der Waals surface area contributed by atoms with E-state index in [-0.39, 0.29) is 11.3 Å². The largest absolute Gasteiger partial charge is 0.465 e. The van der Waals surface area contributed by atoms with Crippen LogP contribution in [0.25, 0.3) is 0 Å². The molecule has 7 nitrogen and oxygen atoms in total. The third-order valence-electron chi connectivity index (χ3n) is 5.15. The molecule has 1 unspecified atom stereocenters. The minimum atomic E-state index is -0.663. The lowest BCUT2D eigenvalue weighted by atomic mass is 9.79. The van der Waals surface area contributed by atoms with Gasteiger partial charge in [-0.05, 0) is 51.3 Å². The van der Waals surface area contributed by atoms with E-state index in [1.54, 1.807) is 32.9 Å². The maximum atomic E-state index is 12.6. The Balaban J connectivity index is 2.05. The number of carbonyl (C=O) groups excluding carboxylic acids is 3. The van der Waals surface area contributed by atoms with Gasteiger partial charge in [-0.25, -0.2) is 9.59 Å². The maximum absolute atomic E-state index is 12.6. The molecule has 1 N–H and O–H groups in total. The van der Waals surface area contributed by atoms with Crippen LogP contribution in [0.5, 0.6) is 0 Å². The van der Waals surface area contributed by atoms with Crippen LogP contribution in [0.1, 0.15) is 56.0 Å². The average Bonchev–Trinajstić information content (AvgIpc) is 3.05. The standard InChI is InChI=1S/C20H26N2O5/c1-19(2,3)27-18(25)21-14-10-15-13(9-12(14)17(24)26-5)20(11-22(15)4)8-6-7-16(20)23/h9-10H,6-8,11H2,1-5H3,(H,21,25). The molecule has 1 atom stereocenters. The monoisotopic (exact) mass is 374 g/mol. The smallest absolute Gasteiger partial charge is 0.412 e. The minimum absolute atomic E-state index is 0.205. The number of amides is 1. The first-order valence-corrected chi connectivity index (χ1v) is 9.09. The Morgan fingerprint density at radius 3 is 2.52 bits per heavy atom. The summed E-state index contributed by atoms with van der Waals surface area (Å²) in [4.78, 5) is 39.2. The van der Waals surface area contributed by atoms with Crippen LogP contribution in [0.3, 0.4) is 0 Å². The summed E-state index contributed by atoms with van der Waals surface area (Å²) in [5.41, 5.74) is 0.966. The van der Waals surface area contributed by atoms with Crippen LogP contribution < -0.4 is 10.2 Å². The van der Waals surface area contributed by atoms with Gasteiger partial charge in [-0.3, -0.25) is 10.1 Å². The molecule has 0 aromatic heterocycles. The lowest BCUT2D eigenvalue weighted by Crippen LogP contribution is -2.35. The van der Waals surface area contributed by atoms with E-state index in [1.165, 1.54) is 7.11 Å². The number of carbonyl (C=O) groups is 3. The number of hydrogen-bond donors (Lipinski definition) is 1. The Morgan fingerprint density at radius 1 is 1.26 bits per heavy atom. The number of ether oxygens (including phenoxy) is 2. The molecule has 1 amide bonds. The van der Waals surface area contributed by atoms with Crippen LogP contribution in [-0.4, -0.2) is 44.1 Å². The van der Waals surface area contributed by atoms with Crippen molar-refractivity contribution in [1.29, 1.82) is 0 Å². The Kier molecular flexibility index (Phi) is 4.66. The number of likely N-dealkylation sites (N-methyl/N-ethyl adjacent to an activating group) is 1. The number of fused-ring (bicyclic) bond motifs is 2. The fourth-order valence-electron chi connectivity index (χ4n) is 4.04. The van der Waals surface area contributed by atoms with Crippen molar-refractivity contribution in [3.05, 3.63) is 23.3 Å². The zero-order chi connectivity index (χ0) is 20.0. The second-order valence-corrected chi connectivity index (χ2v) is 8.25. The molecule has 1 spiro atoms. The van der Waals surface area contributed by atoms with E-state index in [0.29, 0.717) is 18.7 Å². The maximum Gasteiger partial charge on any atom is 0.412 e. The number of nitrogens with one attached hydrogen (secondary N) is 1. The third kappa shape index (κ3) is 3.38. The number of Topliss-reactive ketones (excluding diaryl/α,β-unsaturated/α-hetero) is 1. The Labute approximate surface area is 159 Å². The molecule has 1 fully saturated rings. The fourth-order valence-corrected chi connectivity index (χ4v) is 4.04. The van der Waals surface area contributed by atoms with Crippen LogP contribution in [0.2, 0.25) is 0 Å². The van der Waals surface area contributed by atoms with Crippen molar-refractivity contribution in [2.24, 2.45) is 0 Å². The fraction of sp³-hybridized carbons (Fsp3) is 0.550. The molecule has 0 bridgehead atoms. The van der Waals surface area contributed by atoms with E-state index in [9.17, 15) is 14.4 Å². The van der Waals surface area contributed by atoms with Crippen molar-refractivity contribution >= 4 is 29.2 Å². The molecule has 3 rings (SSSR count). The third-order valence-corrected chi connectivity index (χ3v) is 5.15. The highest BCUT2D eigenvalue weighted by atomic mass is 16.6. The van der Waals surface area contributed by atoms with Crippen LogP contribution in [0, 0.1) is 0 Å². The number of nitrogens with zero attached hydrogens (tertiary/aromatic N) is 1. The van der Waals surface area contributed by atoms with Gasteiger partial charge in [0.25, 0.3) is 0 Å². The predicted molar refractivity (Wildman–Crippen MR) is 101 cm³/mol. The summed E-state index contributed by atoms with van der Waals surface area (Å²) in [5, 5.41) is 2.65. The molecule has 1 aliphatic heterocycles. The average molecular weight is 374 g/mol. The van der Waals surface area contributed by atoms with Crippen LogP contribution in [0.4, 0.5) is 16.2 Å². The van der Waals surface area contributed by atoms with Crippen LogP contribution in [-0.2, 0) is 19.7 Å². The van der Waals surface area contributed by atoms with Gasteiger partial charge in [0.05, 0.1) is 23.8 Å². The molecule has 1 aromatic rings. The molecule has 1 aromatic carbocycles. The summed E-state index contributed by atoms with van der Waals surface area (Å²) in [6.45, 7) is 5.87. The second-order valence-electron chi connectivity index (χ2n) is 8.25. The lowest BCUT2D eigenvalue weighted by Gasteiger charge is -2.23. The van der Waals surface area contributed by atoms with Crippen molar-refractivity contribution in [1.82, 2.24) is 0 Å². The highest BCUT2D eigenvalue weighted by Gasteiger charge is 2.50. The van der Waals surface area contributed by atoms with Crippen LogP contribution >= 0.6 is 0 Å². The van der Waals surface area contributed by atoms with E-state index in [0.717, 1.165) is 24.1 Å². The van der Waals surface area contributed by atoms with E-state index in [1.807, 2.05) is 11.9 Å². The first-order valence-electron chi connectivity index (χ1n) is 9.09. The Bertz CT molecular complexity index is 811. The zero-order valence-electron chi connectivity index (χ0n) is 16.5. The van der Waals surface area contributed by atoms with Crippen molar-refractivity contribution in [2.45, 2.75) is 51.0 Å². The first kappa shape index (κ1) is 19.2. The van der Waals surface area contributed by atoms with E-state index in [4.69, 9.17) is 9.47 Å². The molecule has 1 aliphatic carbocycles. The van der Waals surface area contributed by atoms with Crippen molar-refractivity contribution in [3.63, 3.8) is 0 Å². The highest BCUT2D eigenvalue weighted by molar-refractivity contribution is 6.04. The molecule has 7 heteroatoms. The van der Waals surface area contributed by atoms with Crippen molar-refractivity contribution in [2.75, 3.05) is 30.9 Å². The molecular formula is C20H26N2O5. The molecule has 1 heterocycles. The lowest BCUT2D eigenvalue weighted by molar-refractivity contribution is -0.121. The molecule has 2 aliphatic rings. The van der Waals surface area contributed by atoms with Gasteiger partial charge in [-0.1, -0.05) is 0 Å². The quantitative estimate of drug-likeness (QED) is 0.800. The van der Waals surface area contributed by atoms with Gasteiger partial charge >= 0.3 is 12.1 Å². The number of hydrogen-bond acceptors (Lipinski definition) is 6. The summed E-state index contributed by atoms with van der Waals surface area (Å²) in [6.07, 6.45) is 1.51. The Hall–Kier alpha value is -2.57. The topological polar surface area (TPSA) is 84.9 Å². The second kappa shape index (κ2) is 6.55. The number of anilines is 2. The summed E-state index contributed by atoms with van der Waals surface area (Å²) in [7, 11) is 3.20. The van der Waals surface area contributed by atoms with Gasteiger partial charge < -0.3 is 14.4 Å². The normalized spacial score (nSPS) is 21.4.